The van der Waals surface area contributed by atoms with Gasteiger partial charge in [-0.2, -0.15) is 0 Å². The number of piperidine rings is 1. The van der Waals surface area contributed by atoms with Crippen molar-refractivity contribution in [2.75, 3.05) is 31.1 Å². The quantitative estimate of drug-likeness (QED) is 0.501. The Balaban J connectivity index is 1.57. The fraction of sp³-hybridized carbons (Fsp3) is 0.478. The van der Waals surface area contributed by atoms with Crippen LogP contribution in [-0.4, -0.2) is 56.9 Å². The average Bonchev–Trinajstić information content (AvgIpc) is 3.40. The van der Waals surface area contributed by atoms with Gasteiger partial charge in [-0.05, 0) is 56.7 Å². The highest BCUT2D eigenvalue weighted by Gasteiger charge is 2.35. The average molecular weight is 471 g/mol. The van der Waals surface area contributed by atoms with Crippen molar-refractivity contribution in [3.8, 4) is 0 Å². The van der Waals surface area contributed by atoms with Crippen molar-refractivity contribution in [3.63, 3.8) is 0 Å². The van der Waals surface area contributed by atoms with Gasteiger partial charge in [-0.25, -0.2) is 4.98 Å². The summed E-state index contributed by atoms with van der Waals surface area (Å²) in [6, 6.07) is 3.83. The minimum absolute atomic E-state index is 0.0247. The number of hydrogen-bond acceptors (Lipinski definition) is 7. The van der Waals surface area contributed by atoms with Crippen molar-refractivity contribution < 1.29 is 9.53 Å². The van der Waals surface area contributed by atoms with E-state index in [9.17, 15) is 9.59 Å². The number of aromatic nitrogens is 2. The molecule has 3 fully saturated rings. The molecular formula is C23H26N4O3S2. The van der Waals surface area contributed by atoms with Gasteiger partial charge in [0.05, 0.1) is 23.1 Å². The summed E-state index contributed by atoms with van der Waals surface area (Å²) < 4.78 is 7.78. The molecule has 2 aromatic heterocycles. The van der Waals surface area contributed by atoms with E-state index in [0.29, 0.717) is 32.8 Å². The Kier molecular flexibility index (Phi) is 6.05. The number of thioether (sulfide) groups is 1. The third-order valence-electron chi connectivity index (χ3n) is 6.20. The first-order chi connectivity index (χ1) is 15.5. The summed E-state index contributed by atoms with van der Waals surface area (Å²) in [6.45, 7) is 4.85. The minimum atomic E-state index is -0.163. The van der Waals surface area contributed by atoms with Gasteiger partial charge in [0.2, 0.25) is 0 Å². The fourth-order valence-corrected chi connectivity index (χ4v) is 5.76. The maximum absolute atomic E-state index is 13.5. The summed E-state index contributed by atoms with van der Waals surface area (Å²) in [6.07, 6.45) is 8.78. The molecule has 3 aliphatic rings. The molecule has 0 spiro atoms. The SMILES string of the molecule is Cc1ccc2nc(N3CCCCC3)c(/C=C3/SC(=S)N(CC4CCCO4)C3=O)c(=O)n2c1. The lowest BCUT2D eigenvalue weighted by Gasteiger charge is -2.29. The van der Waals surface area contributed by atoms with Gasteiger partial charge >= 0.3 is 0 Å². The summed E-state index contributed by atoms with van der Waals surface area (Å²) in [4.78, 5) is 35.8. The van der Waals surface area contributed by atoms with Crippen LogP contribution in [0.4, 0.5) is 5.82 Å². The zero-order chi connectivity index (χ0) is 22.2. The Bertz CT molecular complexity index is 1160. The Labute approximate surface area is 196 Å². The molecule has 3 aliphatic heterocycles. The highest BCUT2D eigenvalue weighted by molar-refractivity contribution is 8.26. The van der Waals surface area contributed by atoms with E-state index < -0.39 is 0 Å². The second kappa shape index (κ2) is 8.96. The molecule has 3 saturated heterocycles. The Morgan fingerprint density at radius 1 is 1.22 bits per heavy atom. The smallest absolute Gasteiger partial charge is 0.267 e. The van der Waals surface area contributed by atoms with Gasteiger partial charge in [0.25, 0.3) is 11.5 Å². The van der Waals surface area contributed by atoms with Gasteiger partial charge in [0.15, 0.2) is 0 Å². The molecule has 0 aromatic carbocycles. The number of carbonyl (C=O) groups excluding carboxylic acids is 1. The number of ether oxygens (including phenoxy) is 1. The molecule has 5 heterocycles. The van der Waals surface area contributed by atoms with Crippen LogP contribution in [0.1, 0.15) is 43.2 Å². The molecule has 9 heteroatoms. The largest absolute Gasteiger partial charge is 0.376 e. The molecule has 1 unspecified atom stereocenters. The molecule has 168 valence electrons. The molecule has 0 saturated carbocycles. The predicted octanol–water partition coefficient (Wildman–Crippen LogP) is 3.37. The highest BCUT2D eigenvalue weighted by atomic mass is 32.2. The van der Waals surface area contributed by atoms with E-state index in [4.69, 9.17) is 21.9 Å². The first kappa shape index (κ1) is 21.6. The summed E-state index contributed by atoms with van der Waals surface area (Å²) in [5.41, 5.74) is 1.88. The van der Waals surface area contributed by atoms with Crippen LogP contribution in [-0.2, 0) is 9.53 Å². The number of carbonyl (C=O) groups is 1. The molecule has 7 nitrogen and oxygen atoms in total. The van der Waals surface area contributed by atoms with Gasteiger partial charge in [-0.15, -0.1) is 0 Å². The third-order valence-corrected chi connectivity index (χ3v) is 7.58. The van der Waals surface area contributed by atoms with E-state index >= 15 is 0 Å². The van der Waals surface area contributed by atoms with Crippen molar-refractivity contribution in [1.29, 1.82) is 0 Å². The summed E-state index contributed by atoms with van der Waals surface area (Å²) in [5, 5.41) is 0. The second-order valence-corrected chi connectivity index (χ2v) is 10.2. The van der Waals surface area contributed by atoms with Crippen LogP contribution >= 0.6 is 24.0 Å². The highest BCUT2D eigenvalue weighted by Crippen LogP contribution is 2.34. The van der Waals surface area contributed by atoms with Crippen LogP contribution in [0.5, 0.6) is 0 Å². The van der Waals surface area contributed by atoms with Crippen molar-refractivity contribution in [3.05, 3.63) is 44.7 Å². The van der Waals surface area contributed by atoms with Crippen LogP contribution in [0.25, 0.3) is 11.7 Å². The predicted molar refractivity (Wildman–Crippen MR) is 131 cm³/mol. The van der Waals surface area contributed by atoms with E-state index in [1.54, 1.807) is 21.6 Å². The van der Waals surface area contributed by atoms with E-state index in [1.165, 1.54) is 18.2 Å². The number of thiocarbonyl (C=S) groups is 1. The molecule has 1 amide bonds. The Morgan fingerprint density at radius 2 is 2.03 bits per heavy atom. The van der Waals surface area contributed by atoms with Crippen molar-refractivity contribution in [2.45, 2.75) is 45.1 Å². The Hall–Kier alpha value is -2.23. The molecule has 2 aromatic rings. The molecule has 1 atom stereocenters. The van der Waals surface area contributed by atoms with Gasteiger partial charge in [-0.3, -0.25) is 18.9 Å². The zero-order valence-electron chi connectivity index (χ0n) is 18.1. The molecular weight excluding hydrogens is 444 g/mol. The lowest BCUT2D eigenvalue weighted by molar-refractivity contribution is -0.123. The van der Waals surface area contributed by atoms with E-state index in [0.717, 1.165) is 50.9 Å². The second-order valence-electron chi connectivity index (χ2n) is 8.56. The van der Waals surface area contributed by atoms with Gasteiger partial charge in [0.1, 0.15) is 15.8 Å². The monoisotopic (exact) mass is 470 g/mol. The van der Waals surface area contributed by atoms with E-state index in [2.05, 4.69) is 4.90 Å². The third kappa shape index (κ3) is 4.09. The zero-order valence-corrected chi connectivity index (χ0v) is 19.7. The fourth-order valence-electron chi connectivity index (χ4n) is 4.50. The van der Waals surface area contributed by atoms with E-state index in [-0.39, 0.29) is 17.6 Å². The summed E-state index contributed by atoms with van der Waals surface area (Å²) in [7, 11) is 0. The molecule has 5 rings (SSSR count). The molecule has 0 bridgehead atoms. The van der Waals surface area contributed by atoms with Crippen molar-refractivity contribution in [1.82, 2.24) is 14.3 Å². The topological polar surface area (TPSA) is 67.2 Å². The summed E-state index contributed by atoms with van der Waals surface area (Å²) >= 11 is 6.74. The first-order valence-corrected chi connectivity index (χ1v) is 12.4. The normalized spacial score (nSPS) is 23.2. The van der Waals surface area contributed by atoms with Crippen LogP contribution in [0.3, 0.4) is 0 Å². The van der Waals surface area contributed by atoms with Crippen molar-refractivity contribution in [2.24, 2.45) is 0 Å². The number of aryl methyl sites for hydroxylation is 1. The van der Waals surface area contributed by atoms with Crippen LogP contribution < -0.4 is 10.5 Å². The molecule has 0 N–H and O–H groups in total. The molecule has 0 aliphatic carbocycles. The maximum atomic E-state index is 13.5. The summed E-state index contributed by atoms with van der Waals surface area (Å²) in [5.74, 6) is 0.497. The maximum Gasteiger partial charge on any atom is 0.267 e. The minimum Gasteiger partial charge on any atom is -0.376 e. The Morgan fingerprint density at radius 3 is 2.78 bits per heavy atom. The lowest BCUT2D eigenvalue weighted by Crippen LogP contribution is -2.35. The number of nitrogens with zero attached hydrogens (tertiary/aromatic N) is 4. The first-order valence-electron chi connectivity index (χ1n) is 11.2. The van der Waals surface area contributed by atoms with Crippen LogP contribution in [0, 0.1) is 6.92 Å². The van der Waals surface area contributed by atoms with Gasteiger partial charge < -0.3 is 9.64 Å². The van der Waals surface area contributed by atoms with Crippen LogP contribution in [0.15, 0.2) is 28.0 Å². The number of anilines is 1. The number of fused-ring (bicyclic) bond motifs is 1. The number of amides is 1. The molecule has 32 heavy (non-hydrogen) atoms. The standard InChI is InChI=1S/C23H26N4O3S2/c1-15-7-8-19-24-20(25-9-3-2-4-10-25)17(21(28)26(19)13-15)12-18-22(29)27(23(31)32-18)14-16-6-5-11-30-16/h7-8,12-13,16H,2-6,9-11,14H2,1H3/b18-12+. The van der Waals surface area contributed by atoms with Gasteiger partial charge in [-0.1, -0.05) is 30.0 Å². The lowest BCUT2D eigenvalue weighted by atomic mass is 10.1. The van der Waals surface area contributed by atoms with Crippen LogP contribution in [0.2, 0.25) is 0 Å². The number of rotatable bonds is 4. The van der Waals surface area contributed by atoms with Gasteiger partial charge in [0, 0.05) is 25.9 Å². The van der Waals surface area contributed by atoms with E-state index in [1.807, 2.05) is 19.1 Å². The molecule has 0 radical (unpaired) electrons. The number of hydrogen-bond donors (Lipinski definition) is 0. The van der Waals surface area contributed by atoms with Crippen molar-refractivity contribution >= 4 is 51.7 Å². The number of pyridine rings is 1.